The van der Waals surface area contributed by atoms with Crippen molar-refractivity contribution in [1.29, 1.82) is 0 Å². The first-order chi connectivity index (χ1) is 8.41. The molecule has 0 saturated heterocycles. The van der Waals surface area contributed by atoms with Gasteiger partial charge in [0.15, 0.2) is 0 Å². The Morgan fingerprint density at radius 1 is 1.33 bits per heavy atom. The number of hydrogen-bond donors (Lipinski definition) is 0. The monoisotopic (exact) mass is 275 g/mol. The summed E-state index contributed by atoms with van der Waals surface area (Å²) < 4.78 is 39.5. The van der Waals surface area contributed by atoms with Crippen LogP contribution in [0.25, 0.3) is 5.69 Å². The molecule has 0 aliphatic heterocycles. The Bertz CT molecular complexity index is 563. The first kappa shape index (κ1) is 12.9. The predicted molar refractivity (Wildman–Crippen MR) is 60.7 cm³/mol. The average Bonchev–Trinajstić information content (AvgIpc) is 2.76. The molecule has 0 aliphatic carbocycles. The third-order valence-electron chi connectivity index (χ3n) is 2.47. The van der Waals surface area contributed by atoms with Gasteiger partial charge in [0.1, 0.15) is 0 Å². The Balaban J connectivity index is 2.47. The van der Waals surface area contributed by atoms with Gasteiger partial charge in [0, 0.05) is 0 Å². The summed E-state index contributed by atoms with van der Waals surface area (Å²) in [5.74, 6) is 0.165. The van der Waals surface area contributed by atoms with E-state index >= 15 is 0 Å². The van der Waals surface area contributed by atoms with Crippen molar-refractivity contribution in [1.82, 2.24) is 15.0 Å². The predicted octanol–water partition coefficient (Wildman–Crippen LogP) is 3.33. The molecule has 3 nitrogen and oxygen atoms in total. The summed E-state index contributed by atoms with van der Waals surface area (Å²) in [6.07, 6.45) is -2.88. The van der Waals surface area contributed by atoms with Crippen LogP contribution in [0.4, 0.5) is 13.2 Å². The fraction of sp³-hybridized carbons (Fsp3) is 0.273. The lowest BCUT2D eigenvalue weighted by Gasteiger charge is -2.11. The Labute approximate surface area is 106 Å². The van der Waals surface area contributed by atoms with Crippen molar-refractivity contribution >= 4 is 11.6 Å². The molecule has 1 aromatic heterocycles. The molecule has 96 valence electrons. The zero-order valence-corrected chi connectivity index (χ0v) is 10.1. The molecule has 0 atom stereocenters. The number of hydrogen-bond acceptors (Lipinski definition) is 2. The number of benzene rings is 1. The van der Waals surface area contributed by atoms with Crippen molar-refractivity contribution in [2.75, 3.05) is 0 Å². The zero-order chi connectivity index (χ0) is 13.3. The summed E-state index contributed by atoms with van der Waals surface area (Å²) in [7, 11) is 0. The Kier molecular flexibility index (Phi) is 3.30. The fourth-order valence-electron chi connectivity index (χ4n) is 1.54. The van der Waals surface area contributed by atoms with Crippen molar-refractivity contribution in [3.63, 3.8) is 0 Å². The maximum atomic E-state index is 12.7. The Morgan fingerprint density at radius 2 is 2.06 bits per heavy atom. The third-order valence-corrected chi connectivity index (χ3v) is 2.74. The molecule has 0 spiro atoms. The van der Waals surface area contributed by atoms with Crippen LogP contribution in [0.15, 0.2) is 24.4 Å². The molecule has 0 saturated carbocycles. The van der Waals surface area contributed by atoms with E-state index in [1.165, 1.54) is 23.9 Å². The quantitative estimate of drug-likeness (QED) is 0.787. The minimum atomic E-state index is -4.38. The summed E-state index contributed by atoms with van der Waals surface area (Å²) in [5, 5.41) is 7.45. The van der Waals surface area contributed by atoms with E-state index in [4.69, 9.17) is 11.6 Å². The van der Waals surface area contributed by atoms with Gasteiger partial charge in [-0.3, -0.25) is 0 Å². The molecule has 0 bridgehead atoms. The normalized spacial score (nSPS) is 11.8. The lowest BCUT2D eigenvalue weighted by atomic mass is 10.1. The second-order valence-electron chi connectivity index (χ2n) is 3.79. The number of alkyl halides is 4. The highest BCUT2D eigenvalue weighted by Crippen LogP contribution is 2.32. The molecule has 0 unspecified atom stereocenters. The maximum Gasteiger partial charge on any atom is 0.416 e. The van der Waals surface area contributed by atoms with E-state index in [9.17, 15) is 13.2 Å². The largest absolute Gasteiger partial charge is 0.416 e. The number of aryl methyl sites for hydroxylation is 1. The van der Waals surface area contributed by atoms with Gasteiger partial charge >= 0.3 is 6.18 Å². The van der Waals surface area contributed by atoms with Crippen LogP contribution >= 0.6 is 11.6 Å². The van der Waals surface area contributed by atoms with Gasteiger partial charge in [-0.1, -0.05) is 11.3 Å². The molecule has 0 N–H and O–H groups in total. The van der Waals surface area contributed by atoms with Crippen LogP contribution in [-0.2, 0) is 12.1 Å². The molecule has 0 radical (unpaired) electrons. The molecule has 0 fully saturated rings. The van der Waals surface area contributed by atoms with Crippen LogP contribution in [-0.4, -0.2) is 15.0 Å². The minimum Gasteiger partial charge on any atom is -0.220 e. The standard InChI is InChI=1S/C11H9ClF3N3/c1-7-2-3-9(4-10(7)11(13,14)15)18-6-8(5-12)16-17-18/h2-4,6H,5H2,1H3. The van der Waals surface area contributed by atoms with Crippen LogP contribution in [0.1, 0.15) is 16.8 Å². The highest BCUT2D eigenvalue weighted by atomic mass is 35.5. The van der Waals surface area contributed by atoms with Crippen LogP contribution in [0.5, 0.6) is 0 Å². The first-order valence-electron chi connectivity index (χ1n) is 5.07. The van der Waals surface area contributed by atoms with E-state index in [0.29, 0.717) is 11.4 Å². The number of nitrogens with zero attached hydrogens (tertiary/aromatic N) is 3. The smallest absolute Gasteiger partial charge is 0.220 e. The lowest BCUT2D eigenvalue weighted by Crippen LogP contribution is -2.09. The number of halogens is 4. The molecule has 18 heavy (non-hydrogen) atoms. The average molecular weight is 276 g/mol. The van der Waals surface area contributed by atoms with E-state index in [1.54, 1.807) is 6.07 Å². The number of aromatic nitrogens is 3. The topological polar surface area (TPSA) is 30.7 Å². The molecule has 0 amide bonds. The molecule has 2 aromatic rings. The van der Waals surface area contributed by atoms with E-state index in [1.807, 2.05) is 0 Å². The second kappa shape index (κ2) is 4.61. The van der Waals surface area contributed by atoms with E-state index < -0.39 is 11.7 Å². The minimum absolute atomic E-state index is 0.165. The van der Waals surface area contributed by atoms with Gasteiger partial charge in [0.25, 0.3) is 0 Å². The van der Waals surface area contributed by atoms with Crippen molar-refractivity contribution in [2.24, 2.45) is 0 Å². The Hall–Kier alpha value is -1.56. The van der Waals surface area contributed by atoms with Crippen molar-refractivity contribution in [2.45, 2.75) is 19.0 Å². The molecule has 2 rings (SSSR count). The van der Waals surface area contributed by atoms with Gasteiger partial charge in [-0.25, -0.2) is 4.68 Å². The molecule has 1 heterocycles. The summed E-state index contributed by atoms with van der Waals surface area (Å²) in [6, 6.07) is 4.00. The highest BCUT2D eigenvalue weighted by molar-refractivity contribution is 6.16. The number of rotatable bonds is 2. The summed E-state index contributed by atoms with van der Waals surface area (Å²) in [6.45, 7) is 1.41. The van der Waals surface area contributed by atoms with Crippen molar-refractivity contribution < 1.29 is 13.2 Å². The van der Waals surface area contributed by atoms with Gasteiger partial charge in [-0.05, 0) is 24.6 Å². The van der Waals surface area contributed by atoms with Crippen LogP contribution in [0.3, 0.4) is 0 Å². The third kappa shape index (κ3) is 2.48. The summed E-state index contributed by atoms with van der Waals surface area (Å²) >= 11 is 5.56. The first-order valence-corrected chi connectivity index (χ1v) is 5.60. The summed E-state index contributed by atoms with van der Waals surface area (Å²) in [5.41, 5.74) is 0.300. The van der Waals surface area contributed by atoms with Gasteiger partial charge < -0.3 is 0 Å². The fourth-order valence-corrected chi connectivity index (χ4v) is 1.67. The van der Waals surface area contributed by atoms with Crippen LogP contribution in [0.2, 0.25) is 0 Å². The molecule has 7 heteroatoms. The van der Waals surface area contributed by atoms with Crippen LogP contribution in [0, 0.1) is 6.92 Å². The van der Waals surface area contributed by atoms with Gasteiger partial charge in [-0.15, -0.1) is 16.7 Å². The summed E-state index contributed by atoms with van der Waals surface area (Å²) in [4.78, 5) is 0. The van der Waals surface area contributed by atoms with Gasteiger partial charge in [-0.2, -0.15) is 13.2 Å². The lowest BCUT2D eigenvalue weighted by molar-refractivity contribution is -0.138. The highest BCUT2D eigenvalue weighted by Gasteiger charge is 2.32. The Morgan fingerprint density at radius 3 is 2.61 bits per heavy atom. The molecular formula is C11H9ClF3N3. The molecule has 1 aromatic carbocycles. The van der Waals surface area contributed by atoms with E-state index in [2.05, 4.69) is 10.3 Å². The maximum absolute atomic E-state index is 12.7. The van der Waals surface area contributed by atoms with Crippen molar-refractivity contribution in [3.8, 4) is 5.69 Å². The van der Waals surface area contributed by atoms with E-state index in [-0.39, 0.29) is 11.4 Å². The van der Waals surface area contributed by atoms with Crippen molar-refractivity contribution in [3.05, 3.63) is 41.2 Å². The molecule has 0 aliphatic rings. The van der Waals surface area contributed by atoms with Gasteiger partial charge in [0.2, 0.25) is 0 Å². The van der Waals surface area contributed by atoms with Gasteiger partial charge in [0.05, 0.1) is 29.0 Å². The molecular weight excluding hydrogens is 267 g/mol. The van der Waals surface area contributed by atoms with E-state index in [0.717, 1.165) is 6.07 Å². The SMILES string of the molecule is Cc1ccc(-n2cc(CCl)nn2)cc1C(F)(F)F. The second-order valence-corrected chi connectivity index (χ2v) is 4.05. The zero-order valence-electron chi connectivity index (χ0n) is 9.37. The van der Waals surface area contributed by atoms with Crippen LogP contribution < -0.4 is 0 Å².